The summed E-state index contributed by atoms with van der Waals surface area (Å²) in [5, 5.41) is 4.13. The summed E-state index contributed by atoms with van der Waals surface area (Å²) in [6.07, 6.45) is 0.685. The van der Waals surface area contributed by atoms with Crippen LogP contribution in [0.1, 0.15) is 11.1 Å². The van der Waals surface area contributed by atoms with Crippen molar-refractivity contribution in [3.63, 3.8) is 0 Å². The highest BCUT2D eigenvalue weighted by Gasteiger charge is 2.07. The Kier molecular flexibility index (Phi) is 5.21. The minimum absolute atomic E-state index is 0.685. The maximum atomic E-state index is 5.17. The molecule has 2 aromatic carbocycles. The van der Waals surface area contributed by atoms with Crippen molar-refractivity contribution in [1.29, 1.82) is 0 Å². The van der Waals surface area contributed by atoms with Gasteiger partial charge < -0.3 is 14.3 Å². The predicted molar refractivity (Wildman–Crippen MR) is 83.2 cm³/mol. The fourth-order valence-electron chi connectivity index (χ4n) is 2.02. The van der Waals surface area contributed by atoms with Gasteiger partial charge in [0.05, 0.1) is 19.9 Å². The number of hydrogen-bond donors (Lipinski definition) is 0. The van der Waals surface area contributed by atoms with Crippen molar-refractivity contribution in [3.8, 4) is 11.5 Å². The second-order valence-corrected chi connectivity index (χ2v) is 4.47. The lowest BCUT2D eigenvalue weighted by atomic mass is 10.0. The zero-order valence-corrected chi connectivity index (χ0v) is 12.5. The van der Waals surface area contributed by atoms with E-state index in [1.165, 1.54) is 0 Å². The minimum Gasteiger partial charge on any atom is -0.497 e. The fraction of sp³-hybridized carbons (Fsp3) is 0.235. The van der Waals surface area contributed by atoms with Crippen LogP contribution in [0.4, 0.5) is 0 Å². The van der Waals surface area contributed by atoms with Crippen molar-refractivity contribution in [2.24, 2.45) is 5.16 Å². The molecule has 110 valence electrons. The van der Waals surface area contributed by atoms with Crippen LogP contribution in [0.25, 0.3) is 0 Å². The van der Waals surface area contributed by atoms with Crippen LogP contribution >= 0.6 is 0 Å². The van der Waals surface area contributed by atoms with Crippen LogP contribution in [0.2, 0.25) is 0 Å². The third kappa shape index (κ3) is 3.99. The molecule has 2 rings (SSSR count). The Morgan fingerprint density at radius 1 is 0.810 bits per heavy atom. The van der Waals surface area contributed by atoms with E-state index in [-0.39, 0.29) is 0 Å². The molecule has 0 aliphatic rings. The van der Waals surface area contributed by atoms with Crippen molar-refractivity contribution >= 4 is 5.71 Å². The fourth-order valence-corrected chi connectivity index (χ4v) is 2.02. The van der Waals surface area contributed by atoms with Gasteiger partial charge in [0.2, 0.25) is 0 Å². The molecule has 0 radical (unpaired) electrons. The van der Waals surface area contributed by atoms with Gasteiger partial charge in [0.1, 0.15) is 18.6 Å². The second kappa shape index (κ2) is 7.33. The molecule has 0 N–H and O–H groups in total. The van der Waals surface area contributed by atoms with E-state index in [1.807, 2.05) is 48.5 Å². The highest BCUT2D eigenvalue weighted by atomic mass is 16.6. The van der Waals surface area contributed by atoms with Crippen LogP contribution in [0.15, 0.2) is 53.7 Å². The Morgan fingerprint density at radius 3 is 1.81 bits per heavy atom. The molecule has 0 spiro atoms. The molecule has 21 heavy (non-hydrogen) atoms. The maximum Gasteiger partial charge on any atom is 0.118 e. The number of hydrogen-bond acceptors (Lipinski definition) is 4. The largest absolute Gasteiger partial charge is 0.497 e. The molecule has 0 unspecified atom stereocenters. The molecule has 0 amide bonds. The molecule has 4 heteroatoms. The Balaban J connectivity index is 2.19. The summed E-state index contributed by atoms with van der Waals surface area (Å²) in [6.45, 7) is 0. The molecule has 2 aromatic rings. The molecule has 0 saturated carbocycles. The highest BCUT2D eigenvalue weighted by molar-refractivity contribution is 6.01. The highest BCUT2D eigenvalue weighted by Crippen LogP contribution is 2.16. The van der Waals surface area contributed by atoms with Crippen molar-refractivity contribution in [2.75, 3.05) is 21.3 Å². The van der Waals surface area contributed by atoms with Crippen LogP contribution in [0.5, 0.6) is 11.5 Å². The van der Waals surface area contributed by atoms with Gasteiger partial charge in [-0.15, -0.1) is 0 Å². The van der Waals surface area contributed by atoms with Crippen LogP contribution in [-0.2, 0) is 11.3 Å². The quantitative estimate of drug-likeness (QED) is 0.604. The van der Waals surface area contributed by atoms with Gasteiger partial charge in [-0.3, -0.25) is 0 Å². The molecule has 0 bridgehead atoms. The summed E-state index contributed by atoms with van der Waals surface area (Å²) in [5.41, 5.74) is 3.02. The van der Waals surface area contributed by atoms with Gasteiger partial charge in [-0.25, -0.2) is 0 Å². The van der Waals surface area contributed by atoms with Crippen molar-refractivity contribution in [1.82, 2.24) is 0 Å². The SMILES string of the molecule is CON=C(Cc1ccc(OC)cc1)c1ccc(OC)cc1. The predicted octanol–water partition coefficient (Wildman–Crippen LogP) is 3.30. The van der Waals surface area contributed by atoms with Gasteiger partial charge >= 0.3 is 0 Å². The number of benzene rings is 2. The molecule has 0 aliphatic heterocycles. The molecular weight excluding hydrogens is 266 g/mol. The number of rotatable bonds is 6. The molecular formula is C17H19NO3. The second-order valence-electron chi connectivity index (χ2n) is 4.47. The smallest absolute Gasteiger partial charge is 0.118 e. The molecule has 0 aliphatic carbocycles. The lowest BCUT2D eigenvalue weighted by Crippen LogP contribution is -2.06. The van der Waals surface area contributed by atoms with Crippen molar-refractivity contribution in [3.05, 3.63) is 59.7 Å². The third-order valence-corrected chi connectivity index (χ3v) is 3.16. The first-order valence-corrected chi connectivity index (χ1v) is 6.64. The number of ether oxygens (including phenoxy) is 2. The topological polar surface area (TPSA) is 40.0 Å². The van der Waals surface area contributed by atoms with E-state index in [2.05, 4.69) is 5.16 Å². The summed E-state index contributed by atoms with van der Waals surface area (Å²) in [6, 6.07) is 15.7. The lowest BCUT2D eigenvalue weighted by molar-refractivity contribution is 0.213. The molecule has 0 heterocycles. The van der Waals surface area contributed by atoms with E-state index < -0.39 is 0 Å². The zero-order valence-electron chi connectivity index (χ0n) is 12.5. The maximum absolute atomic E-state index is 5.17. The number of methoxy groups -OCH3 is 2. The van der Waals surface area contributed by atoms with Gasteiger partial charge in [0, 0.05) is 6.42 Å². The molecule has 0 aromatic heterocycles. The van der Waals surface area contributed by atoms with Crippen LogP contribution in [0, 0.1) is 0 Å². The van der Waals surface area contributed by atoms with Gasteiger partial charge in [0.25, 0.3) is 0 Å². The summed E-state index contributed by atoms with van der Waals surface area (Å²) < 4.78 is 10.3. The van der Waals surface area contributed by atoms with Gasteiger partial charge in [0.15, 0.2) is 0 Å². The summed E-state index contributed by atoms with van der Waals surface area (Å²) in [7, 11) is 4.86. The van der Waals surface area contributed by atoms with Gasteiger partial charge in [-0.2, -0.15) is 0 Å². The number of oxime groups is 1. The van der Waals surface area contributed by atoms with E-state index in [0.29, 0.717) is 6.42 Å². The monoisotopic (exact) mass is 285 g/mol. The van der Waals surface area contributed by atoms with Gasteiger partial charge in [-0.05, 0) is 47.5 Å². The number of nitrogens with zero attached hydrogens (tertiary/aromatic N) is 1. The molecule has 0 saturated heterocycles. The van der Waals surface area contributed by atoms with E-state index in [9.17, 15) is 0 Å². The zero-order chi connectivity index (χ0) is 15.1. The Bertz CT molecular complexity index is 588. The van der Waals surface area contributed by atoms with Crippen LogP contribution in [0.3, 0.4) is 0 Å². The van der Waals surface area contributed by atoms with Crippen molar-refractivity contribution < 1.29 is 14.3 Å². The molecule has 0 atom stereocenters. The first kappa shape index (κ1) is 14.9. The summed E-state index contributed by atoms with van der Waals surface area (Å²) >= 11 is 0. The van der Waals surface area contributed by atoms with Crippen LogP contribution < -0.4 is 9.47 Å². The summed E-state index contributed by atoms with van der Waals surface area (Å²) in [5.74, 6) is 1.66. The average molecular weight is 285 g/mol. The van der Waals surface area contributed by atoms with Crippen LogP contribution in [-0.4, -0.2) is 27.0 Å². The van der Waals surface area contributed by atoms with E-state index >= 15 is 0 Å². The normalized spacial score (nSPS) is 11.1. The average Bonchev–Trinajstić information content (AvgIpc) is 2.55. The molecule has 4 nitrogen and oxygen atoms in total. The minimum atomic E-state index is 0.685. The van der Waals surface area contributed by atoms with E-state index in [4.69, 9.17) is 14.3 Å². The Hall–Kier alpha value is -2.49. The Labute approximate surface area is 125 Å². The summed E-state index contributed by atoms with van der Waals surface area (Å²) in [4.78, 5) is 4.96. The van der Waals surface area contributed by atoms with Crippen molar-refractivity contribution in [2.45, 2.75) is 6.42 Å². The van der Waals surface area contributed by atoms with Gasteiger partial charge in [-0.1, -0.05) is 17.3 Å². The third-order valence-electron chi connectivity index (χ3n) is 3.16. The molecule has 0 fully saturated rings. The first-order chi connectivity index (χ1) is 10.3. The first-order valence-electron chi connectivity index (χ1n) is 6.64. The van der Waals surface area contributed by atoms with E-state index in [1.54, 1.807) is 21.3 Å². The standard InChI is InChI=1S/C17H19NO3/c1-19-15-8-4-13(5-9-15)12-17(18-21-3)14-6-10-16(20-2)11-7-14/h4-11H,12H2,1-3H3. The Morgan fingerprint density at radius 2 is 1.33 bits per heavy atom. The lowest BCUT2D eigenvalue weighted by Gasteiger charge is -2.08. The van der Waals surface area contributed by atoms with E-state index in [0.717, 1.165) is 28.3 Å².